The van der Waals surface area contributed by atoms with Crippen molar-refractivity contribution in [3.05, 3.63) is 43.5 Å². The molecule has 0 radical (unpaired) electrons. The number of ether oxygens (including phenoxy) is 1. The van der Waals surface area contributed by atoms with Gasteiger partial charge in [0.25, 0.3) is 5.88 Å². The van der Waals surface area contributed by atoms with Gasteiger partial charge in [-0.05, 0) is 12.1 Å². The first-order valence-electron chi connectivity index (χ1n) is 4.87. The average Bonchev–Trinajstić information content (AvgIpc) is 2.71. The monoisotopic (exact) mass is 321 g/mol. The molecule has 0 atom stereocenters. The Morgan fingerprint density at radius 3 is 2.37 bits per heavy atom. The number of benzene rings is 1. The number of halogens is 3. The molecule has 19 heavy (non-hydrogen) atoms. The quantitative estimate of drug-likeness (QED) is 0.637. The van der Waals surface area contributed by atoms with Gasteiger partial charge in [0.1, 0.15) is 11.9 Å². The Balaban J connectivity index is 2.69. The second-order valence-electron chi connectivity index (χ2n) is 3.43. The van der Waals surface area contributed by atoms with Crippen LogP contribution in [0.25, 0.3) is 5.69 Å². The Morgan fingerprint density at radius 2 is 1.89 bits per heavy atom. The molecule has 1 aromatic carbocycles. The molecule has 0 N–H and O–H groups in total. The molecule has 6 nitrogen and oxygen atoms in total. The molecule has 0 aliphatic carbocycles. The van der Waals surface area contributed by atoms with E-state index in [0.717, 1.165) is 10.9 Å². The number of hydrogen-bond donors (Lipinski definition) is 0. The van der Waals surface area contributed by atoms with E-state index < -0.39 is 4.92 Å². The summed E-state index contributed by atoms with van der Waals surface area (Å²) >= 11 is 17.9. The molecule has 0 saturated heterocycles. The summed E-state index contributed by atoms with van der Waals surface area (Å²) in [5, 5.41) is 15.5. The van der Waals surface area contributed by atoms with Gasteiger partial charge >= 0.3 is 5.69 Å². The van der Waals surface area contributed by atoms with Crippen LogP contribution in [0.1, 0.15) is 0 Å². The largest absolute Gasteiger partial charge is 0.476 e. The summed E-state index contributed by atoms with van der Waals surface area (Å²) in [6, 6.07) is 2.91. The van der Waals surface area contributed by atoms with Crippen LogP contribution in [0.4, 0.5) is 5.69 Å². The molecule has 0 saturated carbocycles. The van der Waals surface area contributed by atoms with Crippen molar-refractivity contribution in [2.45, 2.75) is 0 Å². The van der Waals surface area contributed by atoms with Crippen LogP contribution in [0.2, 0.25) is 15.1 Å². The third-order valence-corrected chi connectivity index (χ3v) is 3.08. The minimum Gasteiger partial charge on any atom is -0.476 e. The van der Waals surface area contributed by atoms with Gasteiger partial charge in [0, 0.05) is 5.02 Å². The number of nitro groups is 1. The summed E-state index contributed by atoms with van der Waals surface area (Å²) < 4.78 is 6.13. The number of methoxy groups -OCH3 is 1. The molecule has 9 heteroatoms. The molecule has 1 heterocycles. The van der Waals surface area contributed by atoms with Crippen molar-refractivity contribution < 1.29 is 9.66 Å². The van der Waals surface area contributed by atoms with Gasteiger partial charge in [-0.3, -0.25) is 10.1 Å². The van der Waals surface area contributed by atoms with Gasteiger partial charge in [0.15, 0.2) is 0 Å². The van der Waals surface area contributed by atoms with Crippen LogP contribution in [0.5, 0.6) is 5.88 Å². The van der Waals surface area contributed by atoms with E-state index >= 15 is 0 Å². The van der Waals surface area contributed by atoms with E-state index in [2.05, 4.69) is 5.10 Å². The fraction of sp³-hybridized carbons (Fsp3) is 0.100. The zero-order valence-electron chi connectivity index (χ0n) is 9.43. The summed E-state index contributed by atoms with van der Waals surface area (Å²) in [5.74, 6) is -0.0730. The average molecular weight is 323 g/mol. The van der Waals surface area contributed by atoms with Gasteiger partial charge in [-0.25, -0.2) is 0 Å². The second-order valence-corrected chi connectivity index (χ2v) is 4.68. The van der Waals surface area contributed by atoms with Crippen molar-refractivity contribution in [1.29, 1.82) is 0 Å². The number of rotatable bonds is 3. The Morgan fingerprint density at radius 1 is 1.32 bits per heavy atom. The molecule has 100 valence electrons. The first-order chi connectivity index (χ1) is 8.95. The summed E-state index contributed by atoms with van der Waals surface area (Å²) in [5.41, 5.74) is -0.0257. The van der Waals surface area contributed by atoms with Crippen molar-refractivity contribution in [1.82, 2.24) is 9.78 Å². The molecule has 0 aliphatic rings. The normalized spacial score (nSPS) is 10.5. The molecule has 2 rings (SSSR count). The first-order valence-corrected chi connectivity index (χ1v) is 6.00. The molecule has 2 aromatic rings. The molecule has 0 fully saturated rings. The van der Waals surface area contributed by atoms with Crippen molar-refractivity contribution in [2.24, 2.45) is 0 Å². The molecule has 0 amide bonds. The van der Waals surface area contributed by atoms with Crippen LogP contribution in [0.15, 0.2) is 18.3 Å². The van der Waals surface area contributed by atoms with E-state index in [1.54, 1.807) is 0 Å². The fourth-order valence-electron chi connectivity index (χ4n) is 1.54. The second kappa shape index (κ2) is 5.24. The Kier molecular flexibility index (Phi) is 3.84. The standard InChI is InChI=1S/C10H6Cl3N3O3/c1-19-10-8(16(17)18)4-14-15(10)9-6(12)2-5(11)3-7(9)13/h2-4H,1H3. The van der Waals surface area contributed by atoms with Crippen LogP contribution >= 0.6 is 34.8 Å². The van der Waals surface area contributed by atoms with Gasteiger partial charge < -0.3 is 4.74 Å². The maximum absolute atomic E-state index is 10.8. The van der Waals surface area contributed by atoms with Crippen LogP contribution in [0.3, 0.4) is 0 Å². The van der Waals surface area contributed by atoms with Crippen molar-refractivity contribution in [2.75, 3.05) is 7.11 Å². The Hall–Kier alpha value is -1.50. The summed E-state index contributed by atoms with van der Waals surface area (Å²) in [4.78, 5) is 10.2. The summed E-state index contributed by atoms with van der Waals surface area (Å²) in [7, 11) is 1.29. The molecule has 0 spiro atoms. The molecule has 0 bridgehead atoms. The lowest BCUT2D eigenvalue weighted by Gasteiger charge is -2.09. The molecule has 0 unspecified atom stereocenters. The highest BCUT2D eigenvalue weighted by atomic mass is 35.5. The van der Waals surface area contributed by atoms with Gasteiger partial charge in [-0.15, -0.1) is 0 Å². The minimum absolute atomic E-state index is 0.0730. The first kappa shape index (κ1) is 13.9. The van der Waals surface area contributed by atoms with E-state index in [1.165, 1.54) is 19.2 Å². The maximum Gasteiger partial charge on any atom is 0.350 e. The van der Waals surface area contributed by atoms with Gasteiger partial charge in [-0.1, -0.05) is 34.8 Å². The predicted octanol–water partition coefficient (Wildman–Crippen LogP) is 3.75. The zero-order chi connectivity index (χ0) is 14.2. The molecular formula is C10H6Cl3N3O3. The minimum atomic E-state index is -0.611. The van der Waals surface area contributed by atoms with E-state index in [-0.39, 0.29) is 27.3 Å². The smallest absolute Gasteiger partial charge is 0.350 e. The highest BCUT2D eigenvalue weighted by Crippen LogP contribution is 2.37. The van der Waals surface area contributed by atoms with Crippen LogP contribution in [-0.2, 0) is 0 Å². The van der Waals surface area contributed by atoms with Gasteiger partial charge in [0.05, 0.1) is 22.1 Å². The molecule has 0 aliphatic heterocycles. The van der Waals surface area contributed by atoms with Gasteiger partial charge in [0.2, 0.25) is 0 Å². The van der Waals surface area contributed by atoms with Crippen LogP contribution in [-0.4, -0.2) is 21.8 Å². The predicted molar refractivity (Wildman–Crippen MR) is 71.8 cm³/mol. The third kappa shape index (κ3) is 2.47. The lowest BCUT2D eigenvalue weighted by Crippen LogP contribution is -2.02. The summed E-state index contributed by atoms with van der Waals surface area (Å²) in [6.45, 7) is 0. The highest BCUT2D eigenvalue weighted by molar-refractivity contribution is 6.40. The number of aromatic nitrogens is 2. The zero-order valence-corrected chi connectivity index (χ0v) is 11.7. The van der Waals surface area contributed by atoms with Crippen molar-refractivity contribution >= 4 is 40.5 Å². The Labute approximate surface area is 122 Å². The molecular weight excluding hydrogens is 316 g/mol. The topological polar surface area (TPSA) is 70.2 Å². The van der Waals surface area contributed by atoms with Gasteiger partial charge in [-0.2, -0.15) is 9.78 Å². The molecule has 1 aromatic heterocycles. The van der Waals surface area contributed by atoms with Crippen LogP contribution < -0.4 is 4.74 Å². The third-order valence-electron chi connectivity index (χ3n) is 2.29. The van der Waals surface area contributed by atoms with Crippen LogP contribution in [0, 0.1) is 10.1 Å². The highest BCUT2D eigenvalue weighted by Gasteiger charge is 2.25. The SMILES string of the molecule is COc1c([N+](=O)[O-])cnn1-c1c(Cl)cc(Cl)cc1Cl. The van der Waals surface area contributed by atoms with E-state index in [0.29, 0.717) is 5.02 Å². The fourth-order valence-corrected chi connectivity index (χ4v) is 2.52. The van der Waals surface area contributed by atoms with Crippen molar-refractivity contribution in [3.63, 3.8) is 0 Å². The van der Waals surface area contributed by atoms with E-state index in [1.807, 2.05) is 0 Å². The van der Waals surface area contributed by atoms with E-state index in [9.17, 15) is 10.1 Å². The number of hydrogen-bond acceptors (Lipinski definition) is 4. The lowest BCUT2D eigenvalue weighted by atomic mass is 10.3. The van der Waals surface area contributed by atoms with E-state index in [4.69, 9.17) is 39.5 Å². The lowest BCUT2D eigenvalue weighted by molar-refractivity contribution is -0.385. The number of nitrogens with zero attached hydrogens (tertiary/aromatic N) is 3. The maximum atomic E-state index is 10.8. The van der Waals surface area contributed by atoms with Crippen molar-refractivity contribution in [3.8, 4) is 11.6 Å². The Bertz CT molecular complexity index is 634. The summed E-state index contributed by atoms with van der Waals surface area (Å²) in [6.07, 6.45) is 1.06.